The van der Waals surface area contributed by atoms with Crippen LogP contribution in [0.5, 0.6) is 0 Å². The summed E-state index contributed by atoms with van der Waals surface area (Å²) in [5, 5.41) is 0. The van der Waals surface area contributed by atoms with Crippen molar-refractivity contribution in [3.8, 4) is 0 Å². The second-order valence-electron chi connectivity index (χ2n) is 5.72. The second-order valence-corrected chi connectivity index (χ2v) is 5.72. The zero-order chi connectivity index (χ0) is 19.6. The summed E-state index contributed by atoms with van der Waals surface area (Å²) in [6.45, 7) is 6.89. The van der Waals surface area contributed by atoms with Crippen molar-refractivity contribution >= 4 is 17.9 Å². The number of carbonyl (C=O) groups is 3. The van der Waals surface area contributed by atoms with Crippen LogP contribution in [0.25, 0.3) is 0 Å². The molecule has 0 unspecified atom stereocenters. The largest absolute Gasteiger partial charge is 0.465 e. The lowest BCUT2D eigenvalue weighted by Crippen LogP contribution is -2.53. The average Bonchev–Trinajstić information content (AvgIpc) is 2.63. The smallest absolute Gasteiger partial charge is 0.335 e. The number of rotatable bonds is 10. The lowest BCUT2D eigenvalue weighted by atomic mass is 9.69. The van der Waals surface area contributed by atoms with Crippen molar-refractivity contribution in [3.05, 3.63) is 35.9 Å². The average molecular weight is 364 g/mol. The van der Waals surface area contributed by atoms with E-state index in [-0.39, 0.29) is 19.8 Å². The highest BCUT2D eigenvalue weighted by Gasteiger charge is 2.62. The zero-order valence-electron chi connectivity index (χ0n) is 15.9. The van der Waals surface area contributed by atoms with Gasteiger partial charge in [-0.15, -0.1) is 0 Å². The minimum absolute atomic E-state index is 0.0348. The number of hydrogen-bond donors (Lipinski definition) is 0. The van der Waals surface area contributed by atoms with Gasteiger partial charge < -0.3 is 14.2 Å². The molecule has 0 heterocycles. The van der Waals surface area contributed by atoms with E-state index >= 15 is 0 Å². The van der Waals surface area contributed by atoms with Crippen LogP contribution < -0.4 is 0 Å². The third-order valence-electron chi connectivity index (χ3n) is 4.09. The Hall–Kier alpha value is -2.37. The molecular formula is C20H28O6. The summed E-state index contributed by atoms with van der Waals surface area (Å²) in [6.07, 6.45) is 1.07. The Kier molecular flexibility index (Phi) is 8.82. The van der Waals surface area contributed by atoms with Crippen LogP contribution in [-0.4, -0.2) is 37.7 Å². The molecule has 144 valence electrons. The molecule has 0 bridgehead atoms. The van der Waals surface area contributed by atoms with Gasteiger partial charge in [0.2, 0.25) is 0 Å². The van der Waals surface area contributed by atoms with Crippen molar-refractivity contribution in [3.63, 3.8) is 0 Å². The minimum atomic E-state index is -2.18. The molecule has 0 spiro atoms. The van der Waals surface area contributed by atoms with Gasteiger partial charge in [0.15, 0.2) is 0 Å². The number of hydrogen-bond acceptors (Lipinski definition) is 6. The standard InChI is InChI=1S/C20H28O6/c1-5-12-16(15-13-10-9-11-14-15)20(17(21)24-6-2,18(22)25-7-3)19(23)26-8-4/h9-11,13-14,16H,5-8,12H2,1-4H3/t16-/m0/s1. The van der Waals surface area contributed by atoms with Crippen LogP contribution in [-0.2, 0) is 28.6 Å². The molecule has 0 radical (unpaired) electrons. The maximum atomic E-state index is 13.0. The lowest BCUT2D eigenvalue weighted by molar-refractivity contribution is -0.186. The van der Waals surface area contributed by atoms with Crippen LogP contribution in [0.4, 0.5) is 0 Å². The van der Waals surface area contributed by atoms with Gasteiger partial charge in [-0.25, -0.2) is 0 Å². The molecular weight excluding hydrogens is 336 g/mol. The molecule has 1 rings (SSSR count). The Morgan fingerprint density at radius 3 is 1.58 bits per heavy atom. The van der Waals surface area contributed by atoms with Gasteiger partial charge in [-0.1, -0.05) is 43.7 Å². The Morgan fingerprint density at radius 1 is 0.808 bits per heavy atom. The Bertz CT molecular complexity index is 550. The van der Waals surface area contributed by atoms with Gasteiger partial charge in [0.05, 0.1) is 19.8 Å². The first-order valence-electron chi connectivity index (χ1n) is 9.07. The second kappa shape index (κ2) is 10.6. The monoisotopic (exact) mass is 364 g/mol. The van der Waals surface area contributed by atoms with E-state index in [1.54, 1.807) is 45.0 Å². The first-order chi connectivity index (χ1) is 12.5. The molecule has 26 heavy (non-hydrogen) atoms. The molecule has 0 amide bonds. The van der Waals surface area contributed by atoms with Crippen molar-refractivity contribution in [2.24, 2.45) is 5.41 Å². The fourth-order valence-electron chi connectivity index (χ4n) is 3.02. The predicted octanol–water partition coefficient (Wildman–Crippen LogP) is 3.25. The van der Waals surface area contributed by atoms with Crippen molar-refractivity contribution in [2.45, 2.75) is 46.5 Å². The molecule has 0 fully saturated rings. The van der Waals surface area contributed by atoms with Gasteiger partial charge in [0.25, 0.3) is 5.41 Å². The van der Waals surface area contributed by atoms with Gasteiger partial charge in [-0.05, 0) is 32.8 Å². The van der Waals surface area contributed by atoms with E-state index in [4.69, 9.17) is 14.2 Å². The number of carbonyl (C=O) groups excluding carboxylic acids is 3. The molecule has 0 saturated carbocycles. The Balaban J connectivity index is 3.66. The SMILES string of the molecule is CCC[C@@H](c1ccccc1)C(C(=O)OCC)(C(=O)OCC)C(=O)OCC. The van der Waals surface area contributed by atoms with E-state index in [0.29, 0.717) is 18.4 Å². The van der Waals surface area contributed by atoms with Crippen LogP contribution >= 0.6 is 0 Å². The van der Waals surface area contributed by atoms with Crippen molar-refractivity contribution < 1.29 is 28.6 Å². The third-order valence-corrected chi connectivity index (χ3v) is 4.09. The minimum Gasteiger partial charge on any atom is -0.465 e. The summed E-state index contributed by atoms with van der Waals surface area (Å²) in [5.74, 6) is -3.54. The first-order valence-corrected chi connectivity index (χ1v) is 9.07. The van der Waals surface area contributed by atoms with Crippen LogP contribution in [0, 0.1) is 5.41 Å². The summed E-state index contributed by atoms with van der Waals surface area (Å²) in [4.78, 5) is 38.9. The quantitative estimate of drug-likeness (QED) is 0.360. The molecule has 0 aromatic heterocycles. The van der Waals surface area contributed by atoms with Gasteiger partial charge in [-0.3, -0.25) is 14.4 Å². The molecule has 0 aliphatic heterocycles. The maximum absolute atomic E-state index is 13.0. The Morgan fingerprint density at radius 2 is 1.23 bits per heavy atom. The summed E-state index contributed by atoms with van der Waals surface area (Å²) in [5.41, 5.74) is -1.50. The summed E-state index contributed by atoms with van der Waals surface area (Å²) >= 11 is 0. The zero-order valence-corrected chi connectivity index (χ0v) is 15.9. The van der Waals surface area contributed by atoms with Crippen molar-refractivity contribution in [1.29, 1.82) is 0 Å². The van der Waals surface area contributed by atoms with E-state index in [1.165, 1.54) is 0 Å². The van der Waals surface area contributed by atoms with Crippen molar-refractivity contribution in [2.75, 3.05) is 19.8 Å². The van der Waals surface area contributed by atoms with E-state index in [1.807, 2.05) is 13.0 Å². The molecule has 0 N–H and O–H groups in total. The topological polar surface area (TPSA) is 78.9 Å². The number of ether oxygens (including phenoxy) is 3. The molecule has 6 heteroatoms. The molecule has 0 saturated heterocycles. The van der Waals surface area contributed by atoms with Gasteiger partial charge in [-0.2, -0.15) is 0 Å². The van der Waals surface area contributed by atoms with Crippen LogP contribution in [0.1, 0.15) is 52.0 Å². The third kappa shape index (κ3) is 4.42. The van der Waals surface area contributed by atoms with Crippen LogP contribution in [0.3, 0.4) is 0 Å². The van der Waals surface area contributed by atoms with Crippen LogP contribution in [0.2, 0.25) is 0 Å². The highest BCUT2D eigenvalue weighted by molar-refractivity contribution is 6.19. The van der Waals surface area contributed by atoms with E-state index in [0.717, 1.165) is 0 Å². The molecule has 1 atom stereocenters. The van der Waals surface area contributed by atoms with E-state index < -0.39 is 29.2 Å². The summed E-state index contributed by atoms with van der Waals surface area (Å²) < 4.78 is 15.5. The van der Waals surface area contributed by atoms with Crippen molar-refractivity contribution in [1.82, 2.24) is 0 Å². The molecule has 1 aromatic rings. The van der Waals surface area contributed by atoms with Crippen LogP contribution in [0.15, 0.2) is 30.3 Å². The fraction of sp³-hybridized carbons (Fsp3) is 0.550. The van der Waals surface area contributed by atoms with Gasteiger partial charge >= 0.3 is 17.9 Å². The van der Waals surface area contributed by atoms with E-state index in [2.05, 4.69) is 0 Å². The first kappa shape index (κ1) is 21.7. The molecule has 0 aliphatic carbocycles. The summed E-state index contributed by atoms with van der Waals surface area (Å²) in [7, 11) is 0. The molecule has 1 aromatic carbocycles. The number of esters is 3. The fourth-order valence-corrected chi connectivity index (χ4v) is 3.02. The van der Waals surface area contributed by atoms with E-state index in [9.17, 15) is 14.4 Å². The summed E-state index contributed by atoms with van der Waals surface area (Å²) in [6, 6.07) is 8.99. The normalized spacial score (nSPS) is 12.2. The number of benzene rings is 1. The Labute approximate surface area is 154 Å². The van der Waals surface area contributed by atoms with Gasteiger partial charge in [0.1, 0.15) is 0 Å². The molecule has 6 nitrogen and oxygen atoms in total. The maximum Gasteiger partial charge on any atom is 0.335 e. The highest BCUT2D eigenvalue weighted by Crippen LogP contribution is 2.43. The lowest BCUT2D eigenvalue weighted by Gasteiger charge is -2.34. The molecule has 0 aliphatic rings. The van der Waals surface area contributed by atoms with Gasteiger partial charge in [0, 0.05) is 5.92 Å². The predicted molar refractivity (Wildman–Crippen MR) is 96.4 cm³/mol. The highest BCUT2D eigenvalue weighted by atomic mass is 16.6.